The summed E-state index contributed by atoms with van der Waals surface area (Å²) in [5.74, 6) is 1.04. The van der Waals surface area contributed by atoms with Crippen LogP contribution in [0.2, 0.25) is 0 Å². The van der Waals surface area contributed by atoms with Crippen molar-refractivity contribution in [1.29, 1.82) is 0 Å². The first-order chi connectivity index (χ1) is 14.0. The minimum atomic E-state index is -4.13. The quantitative estimate of drug-likeness (QED) is 0.296. The van der Waals surface area contributed by atoms with E-state index in [1.165, 1.54) is 11.2 Å². The topological polar surface area (TPSA) is 73.8 Å². The van der Waals surface area contributed by atoms with Gasteiger partial charge in [0.25, 0.3) is 0 Å². The highest BCUT2D eigenvalue weighted by Gasteiger charge is 2.32. The number of likely N-dealkylation sites (tertiary alicyclic amines) is 1. The number of nitrogens with zero attached hydrogens (tertiary/aromatic N) is 2. The van der Waals surface area contributed by atoms with E-state index in [2.05, 4.69) is 15.6 Å². The third-order valence-electron chi connectivity index (χ3n) is 5.28. The van der Waals surface area contributed by atoms with Gasteiger partial charge in [0.15, 0.2) is 15.8 Å². The average molecular weight is 576 g/mol. The van der Waals surface area contributed by atoms with E-state index in [1.54, 1.807) is 26.1 Å². The molecule has 1 saturated heterocycles. The molecule has 1 aromatic rings. The molecule has 1 aliphatic heterocycles. The van der Waals surface area contributed by atoms with Gasteiger partial charge in [-0.2, -0.15) is 13.2 Å². The molecule has 0 saturated carbocycles. The number of rotatable bonds is 7. The lowest BCUT2D eigenvalue weighted by molar-refractivity contribution is -0.148. The largest absolute Gasteiger partial charge is 0.401 e. The Hall–Kier alpha value is -1.08. The highest BCUT2D eigenvalue weighted by Crippen LogP contribution is 2.24. The predicted octanol–water partition coefficient (Wildman–Crippen LogP) is 3.35. The van der Waals surface area contributed by atoms with E-state index in [1.807, 2.05) is 6.07 Å². The maximum Gasteiger partial charge on any atom is 0.401 e. The molecule has 1 aliphatic rings. The van der Waals surface area contributed by atoms with E-state index in [0.717, 1.165) is 24.8 Å². The van der Waals surface area contributed by atoms with E-state index in [0.29, 0.717) is 48.5 Å². The lowest BCUT2D eigenvalue weighted by Crippen LogP contribution is -2.41. The van der Waals surface area contributed by atoms with Gasteiger partial charge < -0.3 is 10.6 Å². The molecule has 0 spiro atoms. The standard InChI is InChI=1S/C20H31F3N4O2S.HI/c1-15-12-17(4-5-18(15)30(3,28)29)13-26-19(24-2)25-9-6-16-7-10-27(11-8-16)14-20(21,22)23;/h4-5,12,16H,6-11,13-14H2,1-3H3,(H2,24,25,26);1H. The van der Waals surface area contributed by atoms with Crippen molar-refractivity contribution in [2.24, 2.45) is 10.9 Å². The van der Waals surface area contributed by atoms with Crippen molar-refractivity contribution in [2.45, 2.75) is 43.8 Å². The lowest BCUT2D eigenvalue weighted by Gasteiger charge is -2.32. The maximum absolute atomic E-state index is 12.5. The second-order valence-corrected chi connectivity index (χ2v) is 9.83. The Morgan fingerprint density at radius 1 is 1.23 bits per heavy atom. The van der Waals surface area contributed by atoms with Crippen LogP contribution in [-0.4, -0.2) is 64.9 Å². The molecular weight excluding hydrogens is 544 g/mol. The fourth-order valence-corrected chi connectivity index (χ4v) is 4.68. The van der Waals surface area contributed by atoms with Crippen molar-refractivity contribution in [3.63, 3.8) is 0 Å². The molecule has 2 N–H and O–H groups in total. The van der Waals surface area contributed by atoms with Crippen LogP contribution >= 0.6 is 24.0 Å². The molecule has 1 heterocycles. The first-order valence-corrected chi connectivity index (χ1v) is 11.9. The summed E-state index contributed by atoms with van der Waals surface area (Å²) in [6.45, 7) is 3.11. The number of halogens is 4. The number of benzene rings is 1. The molecule has 0 aliphatic carbocycles. The Balaban J connectivity index is 0.00000480. The number of aliphatic imine (C=N–C) groups is 1. The monoisotopic (exact) mass is 576 g/mol. The third kappa shape index (κ3) is 9.94. The highest BCUT2D eigenvalue weighted by atomic mass is 127. The Labute approximate surface area is 200 Å². The summed E-state index contributed by atoms with van der Waals surface area (Å²) >= 11 is 0. The SMILES string of the molecule is CN=C(NCCC1CCN(CC(F)(F)F)CC1)NCc1ccc(S(C)(=O)=O)c(C)c1.I. The predicted molar refractivity (Wildman–Crippen MR) is 128 cm³/mol. The minimum Gasteiger partial charge on any atom is -0.356 e. The van der Waals surface area contributed by atoms with Crippen LogP contribution in [0.25, 0.3) is 0 Å². The highest BCUT2D eigenvalue weighted by molar-refractivity contribution is 14.0. The van der Waals surface area contributed by atoms with E-state index in [9.17, 15) is 21.6 Å². The number of piperidine rings is 1. The molecule has 2 rings (SSSR count). The Bertz CT molecular complexity index is 839. The van der Waals surface area contributed by atoms with Crippen LogP contribution in [0.3, 0.4) is 0 Å². The average Bonchev–Trinajstić information content (AvgIpc) is 2.63. The van der Waals surface area contributed by atoms with Crippen molar-refractivity contribution in [3.8, 4) is 0 Å². The van der Waals surface area contributed by atoms with Crippen molar-refractivity contribution < 1.29 is 21.6 Å². The first-order valence-electron chi connectivity index (χ1n) is 10.0. The first kappa shape index (κ1) is 28.0. The van der Waals surface area contributed by atoms with Gasteiger partial charge in [0.05, 0.1) is 11.4 Å². The van der Waals surface area contributed by atoms with Gasteiger partial charge in [-0.15, -0.1) is 24.0 Å². The van der Waals surface area contributed by atoms with Crippen molar-refractivity contribution in [3.05, 3.63) is 29.3 Å². The molecule has 0 atom stereocenters. The second kappa shape index (κ2) is 12.2. The van der Waals surface area contributed by atoms with Gasteiger partial charge in [0, 0.05) is 26.4 Å². The van der Waals surface area contributed by atoms with Crippen molar-refractivity contribution in [1.82, 2.24) is 15.5 Å². The Morgan fingerprint density at radius 3 is 2.39 bits per heavy atom. The van der Waals surface area contributed by atoms with Gasteiger partial charge in [-0.25, -0.2) is 8.42 Å². The molecular formula is C20H32F3IN4O2S. The Kier molecular flexibility index (Phi) is 11.0. The zero-order valence-corrected chi connectivity index (χ0v) is 21.3. The Morgan fingerprint density at radius 2 is 1.87 bits per heavy atom. The zero-order valence-electron chi connectivity index (χ0n) is 18.1. The van der Waals surface area contributed by atoms with Crippen molar-refractivity contribution >= 4 is 39.8 Å². The summed E-state index contributed by atoms with van der Waals surface area (Å²) in [6.07, 6.45) is -0.510. The number of guanidine groups is 1. The molecule has 31 heavy (non-hydrogen) atoms. The van der Waals surface area contributed by atoms with Crippen molar-refractivity contribution in [2.75, 3.05) is 39.5 Å². The van der Waals surface area contributed by atoms with Gasteiger partial charge in [0.1, 0.15) is 0 Å². The van der Waals surface area contributed by atoms with E-state index >= 15 is 0 Å². The van der Waals surface area contributed by atoms with Crippen LogP contribution in [0, 0.1) is 12.8 Å². The molecule has 6 nitrogen and oxygen atoms in total. The summed E-state index contributed by atoms with van der Waals surface area (Å²) in [7, 11) is -1.57. The van der Waals surface area contributed by atoms with Crippen LogP contribution in [0.5, 0.6) is 0 Å². The molecule has 1 fully saturated rings. The summed E-state index contributed by atoms with van der Waals surface area (Å²) < 4.78 is 60.8. The molecule has 0 aromatic heterocycles. The molecule has 11 heteroatoms. The van der Waals surface area contributed by atoms with E-state index in [-0.39, 0.29) is 24.0 Å². The molecule has 178 valence electrons. The van der Waals surface area contributed by atoms with Gasteiger partial charge in [0.2, 0.25) is 0 Å². The molecule has 0 amide bonds. The van der Waals surface area contributed by atoms with Crippen LogP contribution in [0.1, 0.15) is 30.4 Å². The number of alkyl halides is 3. The van der Waals surface area contributed by atoms with Gasteiger partial charge in [-0.3, -0.25) is 9.89 Å². The summed E-state index contributed by atoms with van der Waals surface area (Å²) in [5.41, 5.74) is 1.65. The maximum atomic E-state index is 12.5. The number of aryl methyl sites for hydroxylation is 1. The fraction of sp³-hybridized carbons (Fsp3) is 0.650. The second-order valence-electron chi connectivity index (χ2n) is 7.85. The minimum absolute atomic E-state index is 0. The van der Waals surface area contributed by atoms with Crippen LogP contribution in [0.15, 0.2) is 28.1 Å². The van der Waals surface area contributed by atoms with Gasteiger partial charge in [-0.1, -0.05) is 12.1 Å². The number of sulfone groups is 1. The molecule has 1 aromatic carbocycles. The van der Waals surface area contributed by atoms with E-state index in [4.69, 9.17) is 0 Å². The van der Waals surface area contributed by atoms with Gasteiger partial charge in [-0.05, 0) is 62.4 Å². The van der Waals surface area contributed by atoms with E-state index < -0.39 is 22.6 Å². The fourth-order valence-electron chi connectivity index (χ4n) is 3.73. The van der Waals surface area contributed by atoms with Gasteiger partial charge >= 0.3 is 6.18 Å². The molecule has 0 bridgehead atoms. The summed E-state index contributed by atoms with van der Waals surface area (Å²) in [6, 6.07) is 5.23. The smallest absolute Gasteiger partial charge is 0.356 e. The van der Waals surface area contributed by atoms with Crippen LogP contribution in [-0.2, 0) is 16.4 Å². The summed E-state index contributed by atoms with van der Waals surface area (Å²) in [4.78, 5) is 5.99. The van der Waals surface area contributed by atoms with Crippen LogP contribution in [0.4, 0.5) is 13.2 Å². The lowest BCUT2D eigenvalue weighted by atomic mass is 9.93. The number of hydrogen-bond acceptors (Lipinski definition) is 4. The zero-order chi connectivity index (χ0) is 22.4. The normalized spacial score (nSPS) is 16.6. The molecule has 0 radical (unpaired) electrons. The molecule has 0 unspecified atom stereocenters. The third-order valence-corrected chi connectivity index (χ3v) is 6.53. The number of nitrogens with one attached hydrogen (secondary N) is 2. The number of hydrogen-bond donors (Lipinski definition) is 2. The van der Waals surface area contributed by atoms with Crippen LogP contribution < -0.4 is 10.6 Å². The summed E-state index contributed by atoms with van der Waals surface area (Å²) in [5, 5.41) is 6.43.